The lowest BCUT2D eigenvalue weighted by Gasteiger charge is -2.34. The number of fused-ring (bicyclic) bond motifs is 1. The summed E-state index contributed by atoms with van der Waals surface area (Å²) in [5.41, 5.74) is 1.87. The van der Waals surface area contributed by atoms with Gasteiger partial charge in [-0.3, -0.25) is 4.79 Å². The van der Waals surface area contributed by atoms with Gasteiger partial charge >= 0.3 is 0 Å². The Morgan fingerprint density at radius 3 is 2.50 bits per heavy atom. The van der Waals surface area contributed by atoms with Crippen LogP contribution in [0.15, 0.2) is 42.5 Å². The van der Waals surface area contributed by atoms with Crippen LogP contribution >= 0.6 is 0 Å². The molecule has 114 valence electrons. The lowest BCUT2D eigenvalue weighted by molar-refractivity contribution is -0.128. The zero-order valence-corrected chi connectivity index (χ0v) is 13.6. The van der Waals surface area contributed by atoms with E-state index < -0.39 is 5.41 Å². The van der Waals surface area contributed by atoms with E-state index in [-0.39, 0.29) is 5.92 Å². The van der Waals surface area contributed by atoms with Crippen molar-refractivity contribution in [2.75, 3.05) is 7.11 Å². The van der Waals surface area contributed by atoms with Crippen molar-refractivity contribution in [2.24, 2.45) is 11.3 Å². The molecule has 0 N–H and O–H groups in total. The van der Waals surface area contributed by atoms with E-state index in [0.717, 1.165) is 28.7 Å². The van der Waals surface area contributed by atoms with Gasteiger partial charge in [-0.2, -0.15) is 0 Å². The number of benzene rings is 2. The van der Waals surface area contributed by atoms with Crippen LogP contribution < -0.4 is 4.74 Å². The molecule has 0 aromatic heterocycles. The molecule has 22 heavy (non-hydrogen) atoms. The number of hydrogen-bond donors (Lipinski definition) is 0. The average Bonchev–Trinajstić information content (AvgIpc) is 2.52. The van der Waals surface area contributed by atoms with Crippen molar-refractivity contribution in [3.05, 3.63) is 48.0 Å². The Labute approximate surface area is 131 Å². The number of methoxy groups -OCH3 is 1. The highest BCUT2D eigenvalue weighted by Gasteiger charge is 2.38. The molecular formula is C20H22O2. The summed E-state index contributed by atoms with van der Waals surface area (Å²) in [5, 5.41) is 2.32. The van der Waals surface area contributed by atoms with Gasteiger partial charge < -0.3 is 4.74 Å². The van der Waals surface area contributed by atoms with Crippen LogP contribution in [0.2, 0.25) is 0 Å². The zero-order valence-electron chi connectivity index (χ0n) is 13.6. The smallest absolute Gasteiger partial charge is 0.145 e. The molecule has 2 aromatic carbocycles. The number of ketones is 1. The summed E-state index contributed by atoms with van der Waals surface area (Å²) in [6, 6.07) is 12.5. The predicted molar refractivity (Wildman–Crippen MR) is 91.0 cm³/mol. The SMILES string of the molecule is COc1ccc2cc(C3=CC[C@H](C)C(=O)C3(C)C)ccc2c1. The lowest BCUT2D eigenvalue weighted by atomic mass is 9.68. The highest BCUT2D eigenvalue weighted by atomic mass is 16.5. The number of carbonyl (C=O) groups is 1. The van der Waals surface area contributed by atoms with Gasteiger partial charge in [0.1, 0.15) is 11.5 Å². The Morgan fingerprint density at radius 2 is 1.77 bits per heavy atom. The maximum Gasteiger partial charge on any atom is 0.145 e. The van der Waals surface area contributed by atoms with Gasteiger partial charge in [0.05, 0.1) is 7.11 Å². The fourth-order valence-corrected chi connectivity index (χ4v) is 3.40. The molecule has 2 aromatic rings. The average molecular weight is 294 g/mol. The fourth-order valence-electron chi connectivity index (χ4n) is 3.40. The van der Waals surface area contributed by atoms with Crippen LogP contribution in [0, 0.1) is 11.3 Å². The summed E-state index contributed by atoms with van der Waals surface area (Å²) in [7, 11) is 1.68. The second-order valence-corrected chi connectivity index (χ2v) is 6.67. The van der Waals surface area contributed by atoms with Crippen molar-refractivity contribution in [1.29, 1.82) is 0 Å². The third-order valence-electron chi connectivity index (χ3n) is 4.77. The molecule has 0 fully saturated rings. The summed E-state index contributed by atoms with van der Waals surface area (Å²) < 4.78 is 5.27. The summed E-state index contributed by atoms with van der Waals surface area (Å²) in [5.74, 6) is 1.31. The zero-order chi connectivity index (χ0) is 15.9. The molecule has 0 amide bonds. The van der Waals surface area contributed by atoms with Gasteiger partial charge in [-0.25, -0.2) is 0 Å². The Bertz CT molecular complexity index is 768. The van der Waals surface area contributed by atoms with Gasteiger partial charge in [0.15, 0.2) is 0 Å². The van der Waals surface area contributed by atoms with Crippen LogP contribution in [0.25, 0.3) is 16.3 Å². The molecule has 0 saturated carbocycles. The van der Waals surface area contributed by atoms with E-state index in [4.69, 9.17) is 4.74 Å². The first-order chi connectivity index (χ1) is 10.4. The van der Waals surface area contributed by atoms with Gasteiger partial charge in [-0.05, 0) is 60.4 Å². The highest BCUT2D eigenvalue weighted by Crippen LogP contribution is 2.42. The molecule has 1 atom stereocenters. The van der Waals surface area contributed by atoms with Crippen LogP contribution in [-0.4, -0.2) is 12.9 Å². The minimum atomic E-state index is -0.419. The summed E-state index contributed by atoms with van der Waals surface area (Å²) >= 11 is 0. The van der Waals surface area contributed by atoms with Crippen molar-refractivity contribution in [1.82, 2.24) is 0 Å². The number of hydrogen-bond acceptors (Lipinski definition) is 2. The number of ether oxygens (including phenoxy) is 1. The Balaban J connectivity index is 2.08. The molecule has 0 radical (unpaired) electrons. The van der Waals surface area contributed by atoms with Crippen molar-refractivity contribution in [2.45, 2.75) is 27.2 Å². The second kappa shape index (κ2) is 5.28. The van der Waals surface area contributed by atoms with Gasteiger partial charge in [-0.1, -0.05) is 31.2 Å². The quantitative estimate of drug-likeness (QED) is 0.790. The van der Waals surface area contributed by atoms with E-state index in [1.807, 2.05) is 32.9 Å². The molecule has 2 heteroatoms. The van der Waals surface area contributed by atoms with Crippen LogP contribution in [0.5, 0.6) is 5.75 Å². The second-order valence-electron chi connectivity index (χ2n) is 6.67. The highest BCUT2D eigenvalue weighted by molar-refractivity contribution is 6.01. The molecular weight excluding hydrogens is 272 g/mol. The molecule has 1 aliphatic rings. The van der Waals surface area contributed by atoms with E-state index in [9.17, 15) is 4.79 Å². The molecule has 0 bridgehead atoms. The van der Waals surface area contributed by atoms with Crippen LogP contribution in [0.3, 0.4) is 0 Å². The van der Waals surface area contributed by atoms with Gasteiger partial charge in [0.25, 0.3) is 0 Å². The van der Waals surface area contributed by atoms with Crippen molar-refractivity contribution >= 4 is 22.1 Å². The monoisotopic (exact) mass is 294 g/mol. The minimum Gasteiger partial charge on any atom is -0.497 e. The Hall–Kier alpha value is -2.09. The van der Waals surface area contributed by atoms with Crippen molar-refractivity contribution in [3.63, 3.8) is 0 Å². The van der Waals surface area contributed by atoms with Crippen LogP contribution in [0.4, 0.5) is 0 Å². The van der Waals surface area contributed by atoms with E-state index in [1.165, 1.54) is 5.39 Å². The first-order valence-electron chi connectivity index (χ1n) is 7.76. The fraction of sp³-hybridized carbons (Fsp3) is 0.350. The molecule has 0 aliphatic heterocycles. The molecule has 1 aliphatic carbocycles. The molecule has 0 saturated heterocycles. The summed E-state index contributed by atoms with van der Waals surface area (Å²) in [6.07, 6.45) is 3.06. The van der Waals surface area contributed by atoms with Gasteiger partial charge in [0.2, 0.25) is 0 Å². The summed E-state index contributed by atoms with van der Waals surface area (Å²) in [4.78, 5) is 12.5. The van der Waals surface area contributed by atoms with Gasteiger partial charge in [0, 0.05) is 11.3 Å². The normalized spacial score (nSPS) is 20.8. The number of allylic oxidation sites excluding steroid dienone is 2. The molecule has 3 rings (SSSR count). The molecule has 0 heterocycles. The molecule has 0 spiro atoms. The number of Topliss-reactive ketones (excluding diaryl/α,β-unsaturated/α-hetero) is 1. The maximum absolute atomic E-state index is 12.5. The summed E-state index contributed by atoms with van der Waals surface area (Å²) in [6.45, 7) is 6.09. The number of rotatable bonds is 2. The van der Waals surface area contributed by atoms with E-state index in [2.05, 4.69) is 30.3 Å². The maximum atomic E-state index is 12.5. The first-order valence-corrected chi connectivity index (χ1v) is 7.76. The number of carbonyl (C=O) groups excluding carboxylic acids is 1. The van der Waals surface area contributed by atoms with Crippen LogP contribution in [0.1, 0.15) is 32.8 Å². The molecule has 2 nitrogen and oxygen atoms in total. The third kappa shape index (κ3) is 2.33. The Kier molecular flexibility index (Phi) is 3.56. The van der Waals surface area contributed by atoms with Crippen molar-refractivity contribution < 1.29 is 9.53 Å². The Morgan fingerprint density at radius 1 is 1.09 bits per heavy atom. The standard InChI is InChI=1S/C20H22O2/c1-13-5-10-18(20(2,3)19(13)21)16-7-6-15-12-17(22-4)9-8-14(15)11-16/h6-13H,5H2,1-4H3/t13-/m0/s1. The van der Waals surface area contributed by atoms with Gasteiger partial charge in [-0.15, -0.1) is 0 Å². The van der Waals surface area contributed by atoms with Crippen molar-refractivity contribution in [3.8, 4) is 5.75 Å². The third-order valence-corrected chi connectivity index (χ3v) is 4.77. The lowest BCUT2D eigenvalue weighted by Crippen LogP contribution is -2.33. The van der Waals surface area contributed by atoms with E-state index in [1.54, 1.807) is 7.11 Å². The predicted octanol–water partition coefficient (Wildman–Crippen LogP) is 4.87. The van der Waals surface area contributed by atoms with Crippen LogP contribution in [-0.2, 0) is 4.79 Å². The first kappa shape index (κ1) is 14.8. The largest absolute Gasteiger partial charge is 0.497 e. The molecule has 0 unspecified atom stereocenters. The topological polar surface area (TPSA) is 26.3 Å². The minimum absolute atomic E-state index is 0.114. The van der Waals surface area contributed by atoms with E-state index >= 15 is 0 Å². The van der Waals surface area contributed by atoms with E-state index in [0.29, 0.717) is 5.78 Å².